The highest BCUT2D eigenvalue weighted by Gasteiger charge is 2.25. The van der Waals surface area contributed by atoms with E-state index in [1.807, 2.05) is 21.7 Å². The van der Waals surface area contributed by atoms with E-state index in [0.29, 0.717) is 22.8 Å². The quantitative estimate of drug-likeness (QED) is 0.705. The summed E-state index contributed by atoms with van der Waals surface area (Å²) in [6.07, 6.45) is 6.81. The van der Waals surface area contributed by atoms with Gasteiger partial charge in [0.05, 0.1) is 11.1 Å². The lowest BCUT2D eigenvalue weighted by atomic mass is 10.1. The molecule has 1 saturated heterocycles. The predicted molar refractivity (Wildman–Crippen MR) is 97.1 cm³/mol. The summed E-state index contributed by atoms with van der Waals surface area (Å²) in [5.41, 5.74) is 0.659. The van der Waals surface area contributed by atoms with Gasteiger partial charge in [0, 0.05) is 24.7 Å². The Hall–Kier alpha value is -2.67. The molecule has 8 heteroatoms. The van der Waals surface area contributed by atoms with Crippen molar-refractivity contribution in [1.82, 2.24) is 24.6 Å². The van der Waals surface area contributed by atoms with E-state index < -0.39 is 0 Å². The van der Waals surface area contributed by atoms with Gasteiger partial charge in [-0.3, -0.25) is 9.78 Å². The highest BCUT2D eigenvalue weighted by atomic mass is 35.5. The van der Waals surface area contributed by atoms with Gasteiger partial charge in [0.2, 0.25) is 0 Å². The summed E-state index contributed by atoms with van der Waals surface area (Å²) in [6, 6.07) is 7.37. The molecule has 2 aromatic heterocycles. The molecule has 7 nitrogen and oxygen atoms in total. The van der Waals surface area contributed by atoms with Gasteiger partial charge >= 0.3 is 0 Å². The highest BCUT2D eigenvalue weighted by molar-refractivity contribution is 6.35. The van der Waals surface area contributed by atoms with Crippen LogP contribution in [0.4, 0.5) is 0 Å². The third-order valence-corrected chi connectivity index (χ3v) is 4.92. The normalized spacial score (nSPS) is 17.4. The zero-order valence-corrected chi connectivity index (χ0v) is 14.8. The Labute approximate surface area is 155 Å². The Morgan fingerprint density at radius 3 is 3.12 bits per heavy atom. The average molecular weight is 372 g/mol. The highest BCUT2D eigenvalue weighted by Crippen LogP contribution is 2.29. The molecule has 0 spiro atoms. The van der Waals surface area contributed by atoms with Crippen LogP contribution in [-0.4, -0.2) is 50.3 Å². The van der Waals surface area contributed by atoms with E-state index in [0.717, 1.165) is 24.8 Å². The molecular weight excluding hydrogens is 354 g/mol. The number of amides is 1. The van der Waals surface area contributed by atoms with Gasteiger partial charge in [-0.15, -0.1) is 0 Å². The molecule has 1 amide bonds. The molecule has 1 aliphatic rings. The summed E-state index contributed by atoms with van der Waals surface area (Å²) in [5, 5.41) is 5.60. The SMILES string of the molecule is O=C(COc1ccc(Cl)c2cccnc12)N1CCCC(n2cncn2)C1. The first kappa shape index (κ1) is 16.8. The molecule has 4 rings (SSSR count). The standard InChI is InChI=1S/C18H18ClN5O2/c19-15-5-6-16(18-14(15)4-1-7-21-18)26-10-17(25)23-8-2-3-13(9-23)24-12-20-11-22-24/h1,4-7,11-13H,2-3,8-10H2. The summed E-state index contributed by atoms with van der Waals surface area (Å²) in [4.78, 5) is 22.7. The third-order valence-electron chi connectivity index (χ3n) is 4.59. The van der Waals surface area contributed by atoms with E-state index in [1.54, 1.807) is 24.7 Å². The number of hydrogen-bond acceptors (Lipinski definition) is 5. The smallest absolute Gasteiger partial charge is 0.260 e. The minimum absolute atomic E-state index is 0.0304. The van der Waals surface area contributed by atoms with E-state index in [2.05, 4.69) is 15.1 Å². The lowest BCUT2D eigenvalue weighted by Crippen LogP contribution is -2.43. The van der Waals surface area contributed by atoms with E-state index in [1.165, 1.54) is 6.33 Å². The van der Waals surface area contributed by atoms with Crippen LogP contribution in [0.5, 0.6) is 5.75 Å². The van der Waals surface area contributed by atoms with Crippen molar-refractivity contribution in [2.24, 2.45) is 0 Å². The number of nitrogens with zero attached hydrogens (tertiary/aromatic N) is 5. The van der Waals surface area contributed by atoms with Crippen molar-refractivity contribution >= 4 is 28.4 Å². The Balaban J connectivity index is 1.43. The molecule has 0 N–H and O–H groups in total. The largest absolute Gasteiger partial charge is 0.481 e. The Kier molecular flexibility index (Phi) is 4.71. The Bertz CT molecular complexity index is 915. The molecule has 134 valence electrons. The number of ether oxygens (including phenoxy) is 1. The Morgan fingerprint density at radius 1 is 1.35 bits per heavy atom. The number of aromatic nitrogens is 4. The van der Waals surface area contributed by atoms with Crippen molar-refractivity contribution in [2.45, 2.75) is 18.9 Å². The van der Waals surface area contributed by atoms with Crippen molar-refractivity contribution in [2.75, 3.05) is 19.7 Å². The molecule has 0 aliphatic carbocycles. The number of halogens is 1. The molecule has 1 aliphatic heterocycles. The molecule has 3 aromatic rings. The van der Waals surface area contributed by atoms with Crippen LogP contribution < -0.4 is 4.74 Å². The van der Waals surface area contributed by atoms with Crippen LogP contribution in [0.25, 0.3) is 10.9 Å². The molecule has 0 radical (unpaired) electrons. The maximum Gasteiger partial charge on any atom is 0.260 e. The summed E-state index contributed by atoms with van der Waals surface area (Å²) < 4.78 is 7.58. The number of fused-ring (bicyclic) bond motifs is 1. The van der Waals surface area contributed by atoms with Crippen LogP contribution >= 0.6 is 11.6 Å². The number of benzene rings is 1. The van der Waals surface area contributed by atoms with Gasteiger partial charge in [-0.2, -0.15) is 5.10 Å². The molecule has 1 fully saturated rings. The number of piperidine rings is 1. The number of hydrogen-bond donors (Lipinski definition) is 0. The lowest BCUT2D eigenvalue weighted by Gasteiger charge is -2.32. The van der Waals surface area contributed by atoms with Gasteiger partial charge in [-0.1, -0.05) is 11.6 Å². The fourth-order valence-corrected chi connectivity index (χ4v) is 3.48. The predicted octanol–water partition coefficient (Wildman–Crippen LogP) is 2.72. The first-order valence-corrected chi connectivity index (χ1v) is 8.88. The summed E-state index contributed by atoms with van der Waals surface area (Å²) in [6.45, 7) is 1.32. The van der Waals surface area contributed by atoms with Gasteiger partial charge < -0.3 is 9.64 Å². The first-order chi connectivity index (χ1) is 12.7. The van der Waals surface area contributed by atoms with E-state index in [4.69, 9.17) is 16.3 Å². The maximum absolute atomic E-state index is 12.6. The van der Waals surface area contributed by atoms with Crippen molar-refractivity contribution in [1.29, 1.82) is 0 Å². The maximum atomic E-state index is 12.6. The zero-order valence-electron chi connectivity index (χ0n) is 14.1. The summed E-state index contributed by atoms with van der Waals surface area (Å²) in [7, 11) is 0. The summed E-state index contributed by atoms with van der Waals surface area (Å²) >= 11 is 6.19. The van der Waals surface area contributed by atoms with E-state index in [-0.39, 0.29) is 18.6 Å². The van der Waals surface area contributed by atoms with Gasteiger partial charge in [-0.25, -0.2) is 9.67 Å². The second-order valence-corrected chi connectivity index (χ2v) is 6.65. The zero-order chi connectivity index (χ0) is 17.9. The second kappa shape index (κ2) is 7.29. The number of pyridine rings is 1. The van der Waals surface area contributed by atoms with Crippen molar-refractivity contribution in [3.8, 4) is 5.75 Å². The van der Waals surface area contributed by atoms with Crippen molar-refractivity contribution in [3.63, 3.8) is 0 Å². The number of carbonyl (C=O) groups is 1. The fraction of sp³-hybridized carbons (Fsp3) is 0.333. The monoisotopic (exact) mass is 371 g/mol. The van der Waals surface area contributed by atoms with Crippen LogP contribution in [0, 0.1) is 0 Å². The van der Waals surface area contributed by atoms with Crippen LogP contribution in [0.3, 0.4) is 0 Å². The first-order valence-electron chi connectivity index (χ1n) is 8.50. The number of carbonyl (C=O) groups excluding carboxylic acids is 1. The van der Waals surface area contributed by atoms with Crippen LogP contribution in [0.1, 0.15) is 18.9 Å². The molecule has 26 heavy (non-hydrogen) atoms. The molecule has 1 aromatic carbocycles. The molecule has 3 heterocycles. The molecular formula is C18H18ClN5O2. The third kappa shape index (κ3) is 3.35. The minimum atomic E-state index is -0.0474. The molecule has 1 unspecified atom stereocenters. The van der Waals surface area contributed by atoms with Crippen molar-refractivity contribution in [3.05, 3.63) is 48.1 Å². The fourth-order valence-electron chi connectivity index (χ4n) is 3.26. The Morgan fingerprint density at radius 2 is 2.27 bits per heavy atom. The minimum Gasteiger partial charge on any atom is -0.481 e. The number of likely N-dealkylation sites (tertiary alicyclic amines) is 1. The summed E-state index contributed by atoms with van der Waals surface area (Å²) in [5.74, 6) is 0.511. The lowest BCUT2D eigenvalue weighted by molar-refractivity contribution is -0.135. The van der Waals surface area contributed by atoms with Gasteiger partial charge in [0.1, 0.15) is 23.9 Å². The molecule has 1 atom stereocenters. The van der Waals surface area contributed by atoms with Gasteiger partial charge in [0.15, 0.2) is 6.61 Å². The van der Waals surface area contributed by atoms with Crippen LogP contribution in [-0.2, 0) is 4.79 Å². The molecule has 0 saturated carbocycles. The average Bonchev–Trinajstić information content (AvgIpc) is 3.22. The van der Waals surface area contributed by atoms with Gasteiger partial charge in [0.25, 0.3) is 5.91 Å². The number of rotatable bonds is 4. The van der Waals surface area contributed by atoms with E-state index in [9.17, 15) is 4.79 Å². The van der Waals surface area contributed by atoms with Gasteiger partial charge in [-0.05, 0) is 37.1 Å². The molecule has 0 bridgehead atoms. The second-order valence-electron chi connectivity index (χ2n) is 6.25. The van der Waals surface area contributed by atoms with Crippen molar-refractivity contribution < 1.29 is 9.53 Å². The van der Waals surface area contributed by atoms with Crippen LogP contribution in [0.2, 0.25) is 5.02 Å². The topological polar surface area (TPSA) is 73.1 Å². The van der Waals surface area contributed by atoms with E-state index >= 15 is 0 Å². The van der Waals surface area contributed by atoms with Crippen LogP contribution in [0.15, 0.2) is 43.1 Å².